The average molecular weight is 338 g/mol. The van der Waals surface area contributed by atoms with Crippen molar-refractivity contribution in [3.63, 3.8) is 0 Å². The van der Waals surface area contributed by atoms with Gasteiger partial charge in [-0.15, -0.1) is 0 Å². The van der Waals surface area contributed by atoms with Crippen LogP contribution in [0.3, 0.4) is 0 Å². The Hall–Kier alpha value is -1.66. The summed E-state index contributed by atoms with van der Waals surface area (Å²) in [5.41, 5.74) is -1.01. The van der Waals surface area contributed by atoms with Crippen molar-refractivity contribution in [3.8, 4) is 5.75 Å². The number of likely N-dealkylation sites (tertiary alicyclic amines) is 1. The van der Waals surface area contributed by atoms with Crippen molar-refractivity contribution < 1.29 is 19.0 Å². The molecule has 2 rings (SSSR count). The van der Waals surface area contributed by atoms with Gasteiger partial charge < -0.3 is 20.1 Å². The molecule has 1 aliphatic heterocycles. The Balaban J connectivity index is 2.04. The lowest BCUT2D eigenvalue weighted by atomic mass is 9.91. The van der Waals surface area contributed by atoms with E-state index in [4.69, 9.17) is 4.74 Å². The SMILES string of the molecule is CCCCNC[C@]1(O)CCCN(Cc2cc(OC)ccc2F)C1=O. The summed E-state index contributed by atoms with van der Waals surface area (Å²) in [4.78, 5) is 14.2. The molecule has 0 unspecified atom stereocenters. The van der Waals surface area contributed by atoms with Crippen molar-refractivity contribution in [2.45, 2.75) is 44.8 Å². The molecule has 5 nitrogen and oxygen atoms in total. The number of amides is 1. The third-order valence-corrected chi connectivity index (χ3v) is 4.44. The first-order chi connectivity index (χ1) is 11.5. The summed E-state index contributed by atoms with van der Waals surface area (Å²) in [5.74, 6) is -0.161. The maximum absolute atomic E-state index is 14.0. The van der Waals surface area contributed by atoms with Crippen molar-refractivity contribution in [2.24, 2.45) is 0 Å². The molecule has 24 heavy (non-hydrogen) atoms. The summed E-state index contributed by atoms with van der Waals surface area (Å²) in [6.07, 6.45) is 3.19. The first-order valence-electron chi connectivity index (χ1n) is 8.55. The maximum Gasteiger partial charge on any atom is 0.256 e. The average Bonchev–Trinajstić information content (AvgIpc) is 2.58. The summed E-state index contributed by atoms with van der Waals surface area (Å²) >= 11 is 0. The molecular weight excluding hydrogens is 311 g/mol. The number of nitrogens with zero attached hydrogens (tertiary/aromatic N) is 1. The third kappa shape index (κ3) is 4.45. The highest BCUT2D eigenvalue weighted by atomic mass is 19.1. The van der Waals surface area contributed by atoms with Crippen LogP contribution in [0.4, 0.5) is 4.39 Å². The highest BCUT2D eigenvalue weighted by Crippen LogP contribution is 2.25. The van der Waals surface area contributed by atoms with Gasteiger partial charge in [0.05, 0.1) is 7.11 Å². The van der Waals surface area contributed by atoms with Gasteiger partial charge in [0, 0.05) is 25.2 Å². The van der Waals surface area contributed by atoms with Crippen LogP contribution in [0.5, 0.6) is 5.75 Å². The minimum absolute atomic E-state index is 0.138. The summed E-state index contributed by atoms with van der Waals surface area (Å²) in [5, 5.41) is 13.8. The van der Waals surface area contributed by atoms with Crippen LogP contribution in [0.1, 0.15) is 38.2 Å². The van der Waals surface area contributed by atoms with E-state index in [2.05, 4.69) is 12.2 Å². The van der Waals surface area contributed by atoms with Crippen LogP contribution in [-0.4, -0.2) is 48.3 Å². The van der Waals surface area contributed by atoms with Gasteiger partial charge in [-0.05, 0) is 44.0 Å². The summed E-state index contributed by atoms with van der Waals surface area (Å²) in [6, 6.07) is 4.47. The zero-order valence-corrected chi connectivity index (χ0v) is 14.5. The number of hydrogen-bond donors (Lipinski definition) is 2. The number of hydrogen-bond acceptors (Lipinski definition) is 4. The Morgan fingerprint density at radius 2 is 2.25 bits per heavy atom. The lowest BCUT2D eigenvalue weighted by molar-refractivity contribution is -0.157. The molecular formula is C18H27FN2O3. The second-order valence-electron chi connectivity index (χ2n) is 6.35. The fourth-order valence-corrected chi connectivity index (χ4v) is 2.98. The summed E-state index contributed by atoms with van der Waals surface area (Å²) in [7, 11) is 1.52. The number of unbranched alkanes of at least 4 members (excludes halogenated alkanes) is 1. The van der Waals surface area contributed by atoms with Gasteiger partial charge in [-0.3, -0.25) is 4.79 Å². The summed E-state index contributed by atoms with van der Waals surface area (Å²) in [6.45, 7) is 3.76. The minimum atomic E-state index is -1.40. The van der Waals surface area contributed by atoms with Gasteiger partial charge in [-0.25, -0.2) is 4.39 Å². The Labute approximate surface area is 142 Å². The highest BCUT2D eigenvalue weighted by Gasteiger charge is 2.41. The number of halogens is 1. The van der Waals surface area contributed by atoms with Crippen LogP contribution in [0.25, 0.3) is 0 Å². The molecule has 0 bridgehead atoms. The second-order valence-corrected chi connectivity index (χ2v) is 6.35. The van der Waals surface area contributed by atoms with Crippen molar-refractivity contribution in [2.75, 3.05) is 26.7 Å². The van der Waals surface area contributed by atoms with Crippen LogP contribution in [0, 0.1) is 5.82 Å². The number of rotatable bonds is 8. The molecule has 1 fully saturated rings. The number of nitrogens with one attached hydrogen (secondary N) is 1. The van der Waals surface area contributed by atoms with E-state index in [-0.39, 0.29) is 24.8 Å². The van der Waals surface area contributed by atoms with Crippen molar-refractivity contribution in [3.05, 3.63) is 29.6 Å². The number of carbonyl (C=O) groups is 1. The molecule has 1 atom stereocenters. The molecule has 1 heterocycles. The predicted molar refractivity (Wildman–Crippen MR) is 90.3 cm³/mol. The van der Waals surface area contributed by atoms with Crippen LogP contribution < -0.4 is 10.1 Å². The Bertz CT molecular complexity index is 567. The van der Waals surface area contributed by atoms with Gasteiger partial charge in [0.15, 0.2) is 5.60 Å². The number of aliphatic hydroxyl groups is 1. The van der Waals surface area contributed by atoms with E-state index in [0.29, 0.717) is 30.7 Å². The molecule has 1 aromatic carbocycles. The fraction of sp³-hybridized carbons (Fsp3) is 0.611. The van der Waals surface area contributed by atoms with Crippen LogP contribution in [0.15, 0.2) is 18.2 Å². The number of piperidine rings is 1. The minimum Gasteiger partial charge on any atom is -0.497 e. The molecule has 0 aliphatic carbocycles. The van der Waals surface area contributed by atoms with Crippen LogP contribution >= 0.6 is 0 Å². The first kappa shape index (κ1) is 18.7. The number of methoxy groups -OCH3 is 1. The maximum atomic E-state index is 14.0. The molecule has 0 radical (unpaired) electrons. The van der Waals surface area contributed by atoms with Gasteiger partial charge in [0.25, 0.3) is 5.91 Å². The zero-order valence-electron chi connectivity index (χ0n) is 14.5. The second kappa shape index (κ2) is 8.44. The molecule has 0 spiro atoms. The van der Waals surface area contributed by atoms with E-state index < -0.39 is 5.60 Å². The molecule has 134 valence electrons. The number of ether oxygens (including phenoxy) is 1. The van der Waals surface area contributed by atoms with Crippen molar-refractivity contribution >= 4 is 5.91 Å². The Kier molecular flexibility index (Phi) is 6.57. The predicted octanol–water partition coefficient (Wildman–Crippen LogP) is 2.08. The quantitative estimate of drug-likeness (QED) is 0.713. The zero-order chi connectivity index (χ0) is 17.6. The molecule has 0 saturated carbocycles. The lowest BCUT2D eigenvalue weighted by Gasteiger charge is -2.38. The molecule has 1 aliphatic rings. The molecule has 2 N–H and O–H groups in total. The summed E-state index contributed by atoms with van der Waals surface area (Å²) < 4.78 is 19.1. The van der Waals surface area contributed by atoms with Gasteiger partial charge in [0.1, 0.15) is 11.6 Å². The topological polar surface area (TPSA) is 61.8 Å². The highest BCUT2D eigenvalue weighted by molar-refractivity contribution is 5.86. The molecule has 0 aromatic heterocycles. The van der Waals surface area contributed by atoms with Gasteiger partial charge in [0.2, 0.25) is 0 Å². The normalized spacial score (nSPS) is 21.2. The largest absolute Gasteiger partial charge is 0.497 e. The monoisotopic (exact) mass is 338 g/mol. The lowest BCUT2D eigenvalue weighted by Crippen LogP contribution is -2.57. The van der Waals surface area contributed by atoms with Gasteiger partial charge in [-0.2, -0.15) is 0 Å². The Morgan fingerprint density at radius 1 is 1.46 bits per heavy atom. The van der Waals surface area contributed by atoms with E-state index in [1.54, 1.807) is 12.1 Å². The smallest absolute Gasteiger partial charge is 0.256 e. The fourth-order valence-electron chi connectivity index (χ4n) is 2.98. The van der Waals surface area contributed by atoms with Crippen molar-refractivity contribution in [1.29, 1.82) is 0 Å². The molecule has 1 aromatic rings. The Morgan fingerprint density at radius 3 is 2.96 bits per heavy atom. The van der Waals surface area contributed by atoms with Crippen LogP contribution in [-0.2, 0) is 11.3 Å². The number of benzene rings is 1. The van der Waals surface area contributed by atoms with Crippen molar-refractivity contribution in [1.82, 2.24) is 10.2 Å². The first-order valence-corrected chi connectivity index (χ1v) is 8.55. The standard InChI is InChI=1S/C18H27FN2O3/c1-3-4-9-20-13-18(23)8-5-10-21(17(18)22)12-14-11-15(24-2)6-7-16(14)19/h6-7,11,20,23H,3-5,8-10,12-13H2,1-2H3/t18-/m1/s1. The van der Waals surface area contributed by atoms with Crippen LogP contribution in [0.2, 0.25) is 0 Å². The van der Waals surface area contributed by atoms with E-state index in [1.165, 1.54) is 18.1 Å². The van der Waals surface area contributed by atoms with E-state index in [0.717, 1.165) is 19.4 Å². The third-order valence-electron chi connectivity index (χ3n) is 4.44. The van der Waals surface area contributed by atoms with E-state index >= 15 is 0 Å². The van der Waals surface area contributed by atoms with E-state index in [1.807, 2.05) is 0 Å². The van der Waals surface area contributed by atoms with Gasteiger partial charge in [-0.1, -0.05) is 13.3 Å². The molecule has 1 saturated heterocycles. The molecule has 1 amide bonds. The number of carbonyl (C=O) groups excluding carboxylic acids is 1. The van der Waals surface area contributed by atoms with Gasteiger partial charge >= 0.3 is 0 Å². The van der Waals surface area contributed by atoms with E-state index in [9.17, 15) is 14.3 Å². The molecule has 6 heteroatoms.